The van der Waals surface area contributed by atoms with Gasteiger partial charge in [-0.25, -0.2) is 0 Å². The summed E-state index contributed by atoms with van der Waals surface area (Å²) in [4.78, 5) is 0. The number of halogens is 1. The van der Waals surface area contributed by atoms with Crippen molar-refractivity contribution in [2.45, 2.75) is 25.5 Å². The highest BCUT2D eigenvalue weighted by Crippen LogP contribution is 2.29. The first-order valence-electron chi connectivity index (χ1n) is 5.72. The second kappa shape index (κ2) is 4.22. The minimum Gasteiger partial charge on any atom is -0.358 e. The van der Waals surface area contributed by atoms with Gasteiger partial charge in [0.15, 0.2) is 0 Å². The van der Waals surface area contributed by atoms with Crippen LogP contribution in [0.15, 0.2) is 34.9 Å². The number of hydrogen-bond donors (Lipinski definition) is 0. The molecule has 0 aliphatic carbocycles. The highest BCUT2D eigenvalue weighted by atomic mass is 79.9. The molecule has 0 N–H and O–H groups in total. The maximum absolute atomic E-state index is 5.82. The van der Waals surface area contributed by atoms with Crippen LogP contribution >= 0.6 is 15.9 Å². The first-order chi connectivity index (χ1) is 7.84. The highest BCUT2D eigenvalue weighted by molar-refractivity contribution is 9.10. The molecule has 0 saturated carbocycles. The summed E-state index contributed by atoms with van der Waals surface area (Å²) in [5.41, 5.74) is 1.25. The van der Waals surface area contributed by atoms with E-state index in [4.69, 9.17) is 4.74 Å². The standard InChI is InChI=1S/C13H14BrNO/c14-11-5-4-10-6-7-15(12(10)9-11)13-3-1-2-8-16-13/h4-7,9,13H,1-3,8H2. The van der Waals surface area contributed by atoms with Crippen molar-refractivity contribution in [2.24, 2.45) is 0 Å². The van der Waals surface area contributed by atoms with Gasteiger partial charge in [0.25, 0.3) is 0 Å². The Bertz CT molecular complexity index is 500. The SMILES string of the molecule is Brc1ccc2ccn(C3CCCCO3)c2c1. The van der Waals surface area contributed by atoms with Gasteiger partial charge in [-0.1, -0.05) is 22.0 Å². The number of fused-ring (bicyclic) bond motifs is 1. The van der Waals surface area contributed by atoms with E-state index in [1.165, 1.54) is 23.7 Å². The van der Waals surface area contributed by atoms with E-state index in [2.05, 4.69) is 51.0 Å². The average Bonchev–Trinajstić information content (AvgIpc) is 2.73. The lowest BCUT2D eigenvalue weighted by molar-refractivity contribution is -0.0291. The summed E-state index contributed by atoms with van der Waals surface area (Å²) in [6, 6.07) is 8.53. The predicted octanol–water partition coefficient (Wildman–Crippen LogP) is 4.10. The van der Waals surface area contributed by atoms with E-state index in [1.807, 2.05) is 0 Å². The van der Waals surface area contributed by atoms with Gasteiger partial charge in [0.05, 0.1) is 5.52 Å². The lowest BCUT2D eigenvalue weighted by Crippen LogP contribution is -2.17. The number of aromatic nitrogens is 1. The molecule has 1 aromatic carbocycles. The molecule has 2 aromatic rings. The lowest BCUT2D eigenvalue weighted by Gasteiger charge is -2.24. The van der Waals surface area contributed by atoms with Crippen LogP contribution < -0.4 is 0 Å². The van der Waals surface area contributed by atoms with E-state index in [-0.39, 0.29) is 6.23 Å². The molecule has 0 radical (unpaired) electrons. The van der Waals surface area contributed by atoms with E-state index >= 15 is 0 Å². The maximum Gasteiger partial charge on any atom is 0.133 e. The molecule has 1 fully saturated rings. The van der Waals surface area contributed by atoms with Gasteiger partial charge < -0.3 is 9.30 Å². The van der Waals surface area contributed by atoms with Crippen molar-refractivity contribution in [3.05, 3.63) is 34.9 Å². The maximum atomic E-state index is 5.82. The molecule has 3 heteroatoms. The Morgan fingerprint density at radius 1 is 1.25 bits per heavy atom. The second-order valence-corrected chi connectivity index (χ2v) is 5.16. The van der Waals surface area contributed by atoms with Crippen molar-refractivity contribution < 1.29 is 4.74 Å². The van der Waals surface area contributed by atoms with Gasteiger partial charge in [0.1, 0.15) is 6.23 Å². The van der Waals surface area contributed by atoms with Crippen molar-refractivity contribution in [1.82, 2.24) is 4.57 Å². The van der Waals surface area contributed by atoms with Crippen molar-refractivity contribution in [2.75, 3.05) is 6.61 Å². The van der Waals surface area contributed by atoms with Gasteiger partial charge >= 0.3 is 0 Å². The Labute approximate surface area is 103 Å². The Balaban J connectivity index is 2.05. The lowest BCUT2D eigenvalue weighted by atomic mass is 10.2. The van der Waals surface area contributed by atoms with Crippen LogP contribution in [-0.2, 0) is 4.74 Å². The summed E-state index contributed by atoms with van der Waals surface area (Å²) in [6.45, 7) is 0.887. The summed E-state index contributed by atoms with van der Waals surface area (Å²) in [5.74, 6) is 0. The monoisotopic (exact) mass is 279 g/mol. The van der Waals surface area contributed by atoms with Crippen LogP contribution in [0, 0.1) is 0 Å². The molecule has 1 saturated heterocycles. The largest absolute Gasteiger partial charge is 0.358 e. The van der Waals surface area contributed by atoms with E-state index in [9.17, 15) is 0 Å². The molecule has 3 rings (SSSR count). The number of rotatable bonds is 1. The minimum atomic E-state index is 0.223. The topological polar surface area (TPSA) is 14.2 Å². The molecule has 1 aliphatic heterocycles. The zero-order valence-corrected chi connectivity index (χ0v) is 10.6. The molecule has 1 unspecified atom stereocenters. The number of nitrogens with zero attached hydrogens (tertiary/aromatic N) is 1. The zero-order valence-electron chi connectivity index (χ0n) is 9.03. The molecule has 0 bridgehead atoms. The molecule has 2 nitrogen and oxygen atoms in total. The molecule has 0 amide bonds. The Morgan fingerprint density at radius 3 is 3.00 bits per heavy atom. The van der Waals surface area contributed by atoms with Crippen LogP contribution in [0.1, 0.15) is 25.5 Å². The van der Waals surface area contributed by atoms with Crippen molar-refractivity contribution in [1.29, 1.82) is 0 Å². The van der Waals surface area contributed by atoms with Gasteiger partial charge in [0, 0.05) is 17.3 Å². The fraction of sp³-hybridized carbons (Fsp3) is 0.385. The number of hydrogen-bond acceptors (Lipinski definition) is 1. The van der Waals surface area contributed by atoms with Crippen molar-refractivity contribution >= 4 is 26.8 Å². The summed E-state index contributed by atoms with van der Waals surface area (Å²) < 4.78 is 9.19. The average molecular weight is 280 g/mol. The van der Waals surface area contributed by atoms with E-state index in [0.717, 1.165) is 17.5 Å². The highest BCUT2D eigenvalue weighted by Gasteiger charge is 2.16. The predicted molar refractivity (Wildman–Crippen MR) is 68.5 cm³/mol. The van der Waals surface area contributed by atoms with Crippen LogP contribution in [0.4, 0.5) is 0 Å². The number of ether oxygens (including phenoxy) is 1. The van der Waals surface area contributed by atoms with Crippen LogP contribution in [0.5, 0.6) is 0 Å². The Morgan fingerprint density at radius 2 is 2.19 bits per heavy atom. The van der Waals surface area contributed by atoms with Gasteiger partial charge in [-0.15, -0.1) is 0 Å². The third kappa shape index (κ3) is 1.78. The van der Waals surface area contributed by atoms with E-state index in [0.29, 0.717) is 0 Å². The van der Waals surface area contributed by atoms with E-state index < -0.39 is 0 Å². The molecule has 16 heavy (non-hydrogen) atoms. The summed E-state index contributed by atoms with van der Waals surface area (Å²) in [7, 11) is 0. The summed E-state index contributed by atoms with van der Waals surface area (Å²) in [6.07, 6.45) is 5.93. The molecule has 1 atom stereocenters. The fourth-order valence-corrected chi connectivity index (χ4v) is 2.67. The second-order valence-electron chi connectivity index (χ2n) is 4.25. The van der Waals surface area contributed by atoms with Gasteiger partial charge in [-0.2, -0.15) is 0 Å². The van der Waals surface area contributed by atoms with Gasteiger partial charge in [-0.05, 0) is 42.8 Å². The molecular weight excluding hydrogens is 266 g/mol. The molecule has 1 aliphatic rings. The third-order valence-corrected chi connectivity index (χ3v) is 3.64. The van der Waals surface area contributed by atoms with Crippen molar-refractivity contribution in [3.8, 4) is 0 Å². The van der Waals surface area contributed by atoms with E-state index in [1.54, 1.807) is 0 Å². The molecule has 2 heterocycles. The Hall–Kier alpha value is -0.800. The summed E-state index contributed by atoms with van der Waals surface area (Å²) >= 11 is 3.52. The third-order valence-electron chi connectivity index (χ3n) is 3.15. The minimum absolute atomic E-state index is 0.223. The molecule has 1 aromatic heterocycles. The van der Waals surface area contributed by atoms with Crippen LogP contribution in [0.2, 0.25) is 0 Å². The normalized spacial score (nSPS) is 21.4. The van der Waals surface area contributed by atoms with Gasteiger partial charge in [0.2, 0.25) is 0 Å². The molecular formula is C13H14BrNO. The molecule has 84 valence electrons. The first kappa shape index (κ1) is 10.4. The molecule has 0 spiro atoms. The number of benzene rings is 1. The van der Waals surface area contributed by atoms with Crippen LogP contribution in [-0.4, -0.2) is 11.2 Å². The summed E-state index contributed by atoms with van der Waals surface area (Å²) in [5, 5.41) is 1.28. The van der Waals surface area contributed by atoms with Crippen LogP contribution in [0.3, 0.4) is 0 Å². The quantitative estimate of drug-likeness (QED) is 0.767. The smallest absolute Gasteiger partial charge is 0.133 e. The Kier molecular flexibility index (Phi) is 2.74. The van der Waals surface area contributed by atoms with Gasteiger partial charge in [-0.3, -0.25) is 0 Å². The first-order valence-corrected chi connectivity index (χ1v) is 6.51. The zero-order chi connectivity index (χ0) is 11.0. The van der Waals surface area contributed by atoms with Crippen molar-refractivity contribution in [3.63, 3.8) is 0 Å². The fourth-order valence-electron chi connectivity index (χ4n) is 2.32. The van der Waals surface area contributed by atoms with Crippen LogP contribution in [0.25, 0.3) is 10.9 Å².